The molecule has 27 heavy (non-hydrogen) atoms. The molecule has 2 aromatic rings. The molecule has 2 aromatic carbocycles. The first-order valence-electron chi connectivity index (χ1n) is 8.18. The van der Waals surface area contributed by atoms with Crippen molar-refractivity contribution in [2.45, 2.75) is 13.3 Å². The molecule has 0 unspecified atom stereocenters. The minimum absolute atomic E-state index is 0.0655. The molecular formula is C19H20ClN3O4. The van der Waals surface area contributed by atoms with Crippen LogP contribution in [0.25, 0.3) is 0 Å². The summed E-state index contributed by atoms with van der Waals surface area (Å²) in [5, 5.41) is 8.56. The second-order valence-corrected chi connectivity index (χ2v) is 6.09. The van der Waals surface area contributed by atoms with Crippen molar-refractivity contribution in [3.05, 3.63) is 53.1 Å². The molecule has 0 aliphatic carbocycles. The van der Waals surface area contributed by atoms with Crippen LogP contribution in [0.15, 0.2) is 42.5 Å². The molecule has 0 spiro atoms. The van der Waals surface area contributed by atoms with E-state index in [2.05, 4.69) is 16.0 Å². The first-order valence-corrected chi connectivity index (χ1v) is 8.56. The number of carbonyl (C=O) groups is 3. The molecular weight excluding hydrogens is 370 g/mol. The van der Waals surface area contributed by atoms with Gasteiger partial charge in [-0.3, -0.25) is 14.4 Å². The third-order valence-corrected chi connectivity index (χ3v) is 3.81. The zero-order valence-electron chi connectivity index (χ0n) is 15.0. The normalized spacial score (nSPS) is 10.0. The maximum atomic E-state index is 12.2. The van der Waals surface area contributed by atoms with Crippen molar-refractivity contribution in [2.24, 2.45) is 0 Å². The number of carbonyl (C=O) groups excluding carboxylic acids is 3. The highest BCUT2D eigenvalue weighted by molar-refractivity contribution is 6.30. The first-order chi connectivity index (χ1) is 12.9. The lowest BCUT2D eigenvalue weighted by Gasteiger charge is -2.13. The van der Waals surface area contributed by atoms with Crippen molar-refractivity contribution >= 4 is 40.7 Å². The molecule has 3 amide bonds. The molecule has 0 bridgehead atoms. The van der Waals surface area contributed by atoms with Crippen molar-refractivity contribution < 1.29 is 19.1 Å². The van der Waals surface area contributed by atoms with Crippen molar-refractivity contribution in [1.29, 1.82) is 0 Å². The summed E-state index contributed by atoms with van der Waals surface area (Å²) in [5.74, 6) is -0.326. The summed E-state index contributed by atoms with van der Waals surface area (Å²) in [4.78, 5) is 35.5. The van der Waals surface area contributed by atoms with E-state index in [1.807, 2.05) is 0 Å². The van der Waals surface area contributed by atoms with Crippen LogP contribution in [-0.4, -0.2) is 31.4 Å². The van der Waals surface area contributed by atoms with Crippen LogP contribution < -0.4 is 20.7 Å². The Labute approximate surface area is 162 Å². The molecule has 8 heteroatoms. The topological polar surface area (TPSA) is 96.5 Å². The van der Waals surface area contributed by atoms with Gasteiger partial charge in [0.25, 0.3) is 5.91 Å². The lowest BCUT2D eigenvalue weighted by atomic mass is 10.2. The largest absolute Gasteiger partial charge is 0.497 e. The van der Waals surface area contributed by atoms with Crippen molar-refractivity contribution in [1.82, 2.24) is 5.32 Å². The van der Waals surface area contributed by atoms with Crippen molar-refractivity contribution in [3.63, 3.8) is 0 Å². The monoisotopic (exact) mass is 389 g/mol. The highest BCUT2D eigenvalue weighted by atomic mass is 35.5. The van der Waals surface area contributed by atoms with Crippen molar-refractivity contribution in [3.8, 4) is 5.75 Å². The summed E-state index contributed by atoms with van der Waals surface area (Å²) in [5.41, 5.74) is 1.33. The van der Waals surface area contributed by atoms with Crippen LogP contribution in [0.2, 0.25) is 5.02 Å². The first kappa shape index (κ1) is 20.3. The van der Waals surface area contributed by atoms with E-state index in [1.54, 1.807) is 42.5 Å². The quantitative estimate of drug-likeness (QED) is 0.678. The Morgan fingerprint density at radius 2 is 1.70 bits per heavy atom. The summed E-state index contributed by atoms with van der Waals surface area (Å²) < 4.78 is 5.14. The molecule has 0 aliphatic rings. The van der Waals surface area contributed by atoms with E-state index in [0.29, 0.717) is 27.7 Å². The third-order valence-electron chi connectivity index (χ3n) is 3.56. The Morgan fingerprint density at radius 3 is 2.33 bits per heavy atom. The fraction of sp³-hybridized carbons (Fsp3) is 0.211. The van der Waals surface area contributed by atoms with Crippen molar-refractivity contribution in [2.75, 3.05) is 24.3 Å². The molecule has 0 radical (unpaired) electrons. The highest BCUT2D eigenvalue weighted by Crippen LogP contribution is 2.27. The van der Waals surface area contributed by atoms with E-state index in [4.69, 9.17) is 16.3 Å². The van der Waals surface area contributed by atoms with Gasteiger partial charge in [-0.2, -0.15) is 0 Å². The van der Waals surface area contributed by atoms with Gasteiger partial charge in [0.1, 0.15) is 5.75 Å². The predicted molar refractivity (Wildman–Crippen MR) is 104 cm³/mol. The van der Waals surface area contributed by atoms with Gasteiger partial charge in [-0.05, 0) is 36.4 Å². The second-order valence-electron chi connectivity index (χ2n) is 5.65. The average Bonchev–Trinajstić information content (AvgIpc) is 2.63. The van der Waals surface area contributed by atoms with Gasteiger partial charge in [0.2, 0.25) is 11.8 Å². The number of benzene rings is 2. The van der Waals surface area contributed by atoms with Gasteiger partial charge in [-0.1, -0.05) is 11.6 Å². The Bertz CT molecular complexity index is 837. The van der Waals surface area contributed by atoms with Crippen LogP contribution in [0.4, 0.5) is 11.4 Å². The van der Waals surface area contributed by atoms with Crippen LogP contribution in [-0.2, 0) is 9.59 Å². The SMILES string of the molecule is COc1ccc(NC(C)=O)c(NC(=O)CCNC(=O)c2ccc(Cl)cc2)c1. The minimum atomic E-state index is -0.314. The molecule has 0 aliphatic heterocycles. The standard InChI is InChI=1S/C19H20ClN3O4/c1-12(24)22-16-8-7-15(27-2)11-17(16)23-18(25)9-10-21-19(26)13-3-5-14(20)6-4-13/h3-8,11H,9-10H2,1-2H3,(H,21,26)(H,22,24)(H,23,25). The number of halogens is 1. The van der Waals surface area contributed by atoms with Gasteiger partial charge in [0, 0.05) is 36.5 Å². The van der Waals surface area contributed by atoms with Crippen LogP contribution in [0, 0.1) is 0 Å². The minimum Gasteiger partial charge on any atom is -0.497 e. The van der Waals surface area contributed by atoms with Gasteiger partial charge in [0.15, 0.2) is 0 Å². The van der Waals surface area contributed by atoms with Gasteiger partial charge in [-0.25, -0.2) is 0 Å². The number of rotatable bonds is 7. The number of anilines is 2. The van der Waals surface area contributed by atoms with E-state index in [-0.39, 0.29) is 30.7 Å². The summed E-state index contributed by atoms with van der Waals surface area (Å²) in [6.45, 7) is 1.54. The number of methoxy groups -OCH3 is 1. The highest BCUT2D eigenvalue weighted by Gasteiger charge is 2.11. The summed E-state index contributed by atoms with van der Waals surface area (Å²) in [6, 6.07) is 11.4. The Kier molecular flexibility index (Phi) is 7.19. The smallest absolute Gasteiger partial charge is 0.251 e. The molecule has 3 N–H and O–H groups in total. The van der Waals surface area contributed by atoms with Crippen LogP contribution >= 0.6 is 11.6 Å². The maximum absolute atomic E-state index is 12.2. The van der Waals surface area contributed by atoms with Gasteiger partial charge in [-0.15, -0.1) is 0 Å². The predicted octanol–water partition coefficient (Wildman–Crippen LogP) is 3.07. The Morgan fingerprint density at radius 1 is 1.00 bits per heavy atom. The molecule has 0 saturated carbocycles. The third kappa shape index (κ3) is 6.31. The van der Waals surface area contributed by atoms with E-state index >= 15 is 0 Å². The molecule has 7 nitrogen and oxygen atoms in total. The zero-order valence-corrected chi connectivity index (χ0v) is 15.7. The second kappa shape index (κ2) is 9.59. The fourth-order valence-electron chi connectivity index (χ4n) is 2.26. The molecule has 0 aromatic heterocycles. The number of hydrogen-bond acceptors (Lipinski definition) is 4. The Balaban J connectivity index is 1.92. The van der Waals surface area contributed by atoms with Crippen LogP contribution in [0.1, 0.15) is 23.7 Å². The molecule has 0 atom stereocenters. The van der Waals surface area contributed by atoms with Crippen LogP contribution in [0.3, 0.4) is 0 Å². The number of nitrogens with one attached hydrogen (secondary N) is 3. The molecule has 2 rings (SSSR count). The summed E-state index contributed by atoms with van der Waals surface area (Å²) in [6.07, 6.45) is 0.0655. The Hall–Kier alpha value is -3.06. The average molecular weight is 390 g/mol. The van der Waals surface area contributed by atoms with E-state index < -0.39 is 0 Å². The lowest BCUT2D eigenvalue weighted by Crippen LogP contribution is -2.27. The summed E-state index contributed by atoms with van der Waals surface area (Å²) in [7, 11) is 1.51. The van der Waals surface area contributed by atoms with Gasteiger partial charge < -0.3 is 20.7 Å². The zero-order chi connectivity index (χ0) is 19.8. The number of ether oxygens (including phenoxy) is 1. The molecule has 0 saturated heterocycles. The van der Waals surface area contributed by atoms with Gasteiger partial charge >= 0.3 is 0 Å². The molecule has 0 heterocycles. The molecule has 142 valence electrons. The molecule has 0 fully saturated rings. The number of amides is 3. The van der Waals surface area contributed by atoms with E-state index in [0.717, 1.165) is 0 Å². The van der Waals surface area contributed by atoms with Crippen LogP contribution in [0.5, 0.6) is 5.75 Å². The van der Waals surface area contributed by atoms with Gasteiger partial charge in [0.05, 0.1) is 18.5 Å². The van der Waals surface area contributed by atoms with E-state index in [9.17, 15) is 14.4 Å². The summed E-state index contributed by atoms with van der Waals surface area (Å²) >= 11 is 5.79. The lowest BCUT2D eigenvalue weighted by molar-refractivity contribution is -0.116. The maximum Gasteiger partial charge on any atom is 0.251 e. The van der Waals surface area contributed by atoms with E-state index in [1.165, 1.54) is 14.0 Å². The number of hydrogen-bond donors (Lipinski definition) is 3. The fourth-order valence-corrected chi connectivity index (χ4v) is 2.38.